The average molecular weight is 352 g/mol. The Hall–Kier alpha value is -1.20. The van der Waals surface area contributed by atoms with Gasteiger partial charge in [0, 0.05) is 23.7 Å². The van der Waals surface area contributed by atoms with E-state index in [4.69, 9.17) is 4.43 Å². The van der Waals surface area contributed by atoms with Crippen molar-refractivity contribution in [2.75, 3.05) is 0 Å². The van der Waals surface area contributed by atoms with E-state index in [1.54, 1.807) is 19.1 Å². The highest BCUT2D eigenvalue weighted by Gasteiger charge is 2.45. The fourth-order valence-electron chi connectivity index (χ4n) is 3.04. The first-order valence-corrected chi connectivity index (χ1v) is 11.6. The Morgan fingerprint density at radius 3 is 2.46 bits per heavy atom. The van der Waals surface area contributed by atoms with Crippen LogP contribution in [0.3, 0.4) is 0 Å². The smallest absolute Gasteiger partial charge is 0.192 e. The predicted molar refractivity (Wildman–Crippen MR) is 96.8 cm³/mol. The first-order valence-electron chi connectivity index (χ1n) is 8.67. The van der Waals surface area contributed by atoms with Crippen molar-refractivity contribution < 1.29 is 19.1 Å². The Balaban J connectivity index is 3.21. The molecule has 0 aromatic heterocycles. The van der Waals surface area contributed by atoms with Gasteiger partial charge in [0.05, 0.1) is 6.10 Å². The van der Waals surface area contributed by atoms with Crippen molar-refractivity contribution in [1.82, 2.24) is 0 Å². The van der Waals surface area contributed by atoms with Crippen molar-refractivity contribution in [3.63, 3.8) is 0 Å². The zero-order valence-electron chi connectivity index (χ0n) is 15.8. The Kier molecular flexibility index (Phi) is 6.76. The van der Waals surface area contributed by atoms with Crippen LogP contribution in [0.2, 0.25) is 18.1 Å². The van der Waals surface area contributed by atoms with Crippen molar-refractivity contribution in [1.29, 1.82) is 0 Å². The molecule has 0 radical (unpaired) electrons. The van der Waals surface area contributed by atoms with E-state index in [0.717, 1.165) is 0 Å². The zero-order chi connectivity index (χ0) is 18.7. The van der Waals surface area contributed by atoms with Crippen molar-refractivity contribution in [2.24, 2.45) is 17.8 Å². The number of carboxylic acids is 1. The molecule has 0 spiro atoms. The SMILES string of the molecule is C=CC[C@H]1[C@H](O[Si](C)(C)C(C)(C)C)C=CC(=O)[C@H]1C(CC)C(=O)[O-]. The van der Waals surface area contributed by atoms with Gasteiger partial charge < -0.3 is 14.3 Å². The molecule has 0 aliphatic heterocycles. The normalized spacial score (nSPS) is 26.2. The molecule has 0 saturated heterocycles. The molecule has 1 aliphatic rings. The van der Waals surface area contributed by atoms with Gasteiger partial charge in [0.1, 0.15) is 0 Å². The first kappa shape index (κ1) is 20.8. The largest absolute Gasteiger partial charge is 0.550 e. The van der Waals surface area contributed by atoms with Crippen LogP contribution in [0.1, 0.15) is 40.5 Å². The van der Waals surface area contributed by atoms with Crippen LogP contribution in [-0.4, -0.2) is 26.2 Å². The molecule has 5 heteroatoms. The lowest BCUT2D eigenvalue weighted by Crippen LogP contribution is -2.51. The van der Waals surface area contributed by atoms with Gasteiger partial charge in [0.25, 0.3) is 0 Å². The molecule has 0 aromatic carbocycles. The molecule has 1 unspecified atom stereocenters. The third-order valence-electron chi connectivity index (χ3n) is 5.51. The highest BCUT2D eigenvalue weighted by Crippen LogP contribution is 2.42. The second-order valence-corrected chi connectivity index (χ2v) is 12.9. The number of aliphatic carboxylic acids is 1. The second-order valence-electron chi connectivity index (χ2n) is 8.15. The molecule has 4 atom stereocenters. The molecule has 0 aromatic rings. The van der Waals surface area contributed by atoms with Crippen LogP contribution in [0.5, 0.6) is 0 Å². The van der Waals surface area contributed by atoms with E-state index in [9.17, 15) is 14.7 Å². The summed E-state index contributed by atoms with van der Waals surface area (Å²) < 4.78 is 6.50. The second kappa shape index (κ2) is 7.79. The lowest BCUT2D eigenvalue weighted by Gasteiger charge is -2.44. The minimum atomic E-state index is -2.05. The summed E-state index contributed by atoms with van der Waals surface area (Å²) in [6, 6.07) is 0. The van der Waals surface area contributed by atoms with E-state index in [0.29, 0.717) is 12.8 Å². The van der Waals surface area contributed by atoms with Gasteiger partial charge >= 0.3 is 0 Å². The zero-order valence-corrected chi connectivity index (χ0v) is 16.8. The molecular weight excluding hydrogens is 320 g/mol. The summed E-state index contributed by atoms with van der Waals surface area (Å²) >= 11 is 0. The molecule has 0 bridgehead atoms. The predicted octanol–water partition coefficient (Wildman–Crippen LogP) is 3.10. The van der Waals surface area contributed by atoms with Crippen molar-refractivity contribution in [3.8, 4) is 0 Å². The lowest BCUT2D eigenvalue weighted by atomic mass is 9.71. The average Bonchev–Trinajstić information content (AvgIpc) is 2.44. The summed E-state index contributed by atoms with van der Waals surface area (Å²) in [6.45, 7) is 16.4. The van der Waals surface area contributed by atoms with E-state index in [1.165, 1.54) is 6.08 Å². The van der Waals surface area contributed by atoms with Gasteiger partial charge in [-0.15, -0.1) is 6.58 Å². The molecule has 136 valence electrons. The Labute approximate surface area is 147 Å². The van der Waals surface area contributed by atoms with Crippen LogP contribution in [0, 0.1) is 17.8 Å². The Morgan fingerprint density at radius 2 is 2.04 bits per heavy atom. The molecule has 1 rings (SSSR count). The maximum Gasteiger partial charge on any atom is 0.192 e. The fourth-order valence-corrected chi connectivity index (χ4v) is 4.33. The minimum absolute atomic E-state index is 0.0367. The number of ketones is 1. The van der Waals surface area contributed by atoms with Crippen molar-refractivity contribution in [3.05, 3.63) is 24.8 Å². The molecule has 0 amide bonds. The van der Waals surface area contributed by atoms with Crippen molar-refractivity contribution in [2.45, 2.75) is 64.8 Å². The molecule has 0 fully saturated rings. The van der Waals surface area contributed by atoms with Gasteiger partial charge in [-0.1, -0.05) is 39.8 Å². The number of carbonyl (C=O) groups is 2. The molecule has 24 heavy (non-hydrogen) atoms. The quantitative estimate of drug-likeness (QED) is 0.522. The van der Waals surface area contributed by atoms with E-state index in [-0.39, 0.29) is 22.8 Å². The molecule has 4 nitrogen and oxygen atoms in total. The highest BCUT2D eigenvalue weighted by molar-refractivity contribution is 6.74. The van der Waals surface area contributed by atoms with Crippen LogP contribution < -0.4 is 5.11 Å². The molecule has 0 saturated carbocycles. The summed E-state index contributed by atoms with van der Waals surface area (Å²) in [5.74, 6) is -2.92. The van der Waals surface area contributed by atoms with Gasteiger partial charge in [-0.2, -0.15) is 0 Å². The Bertz CT molecular complexity index is 516. The monoisotopic (exact) mass is 351 g/mol. The summed E-state index contributed by atoms with van der Waals surface area (Å²) in [4.78, 5) is 24.0. The van der Waals surface area contributed by atoms with E-state index in [2.05, 4.69) is 40.4 Å². The van der Waals surface area contributed by atoms with Crippen LogP contribution in [0.25, 0.3) is 0 Å². The van der Waals surface area contributed by atoms with Gasteiger partial charge in [0.2, 0.25) is 0 Å². The summed E-state index contributed by atoms with van der Waals surface area (Å²) in [7, 11) is -2.05. The maximum atomic E-state index is 12.4. The number of carbonyl (C=O) groups excluding carboxylic acids is 2. The van der Waals surface area contributed by atoms with E-state index < -0.39 is 26.1 Å². The molecule has 0 heterocycles. The third-order valence-corrected chi connectivity index (χ3v) is 9.99. The number of allylic oxidation sites excluding steroid dienone is 2. The summed E-state index contributed by atoms with van der Waals surface area (Å²) in [5.41, 5.74) is 0. The van der Waals surface area contributed by atoms with Gasteiger partial charge in [-0.05, 0) is 37.0 Å². The Morgan fingerprint density at radius 1 is 1.46 bits per heavy atom. The number of hydrogen-bond acceptors (Lipinski definition) is 4. The van der Waals surface area contributed by atoms with E-state index in [1.807, 2.05) is 0 Å². The molecule has 1 aliphatic carbocycles. The number of carboxylic acid groups (broad SMARTS) is 1. The third kappa shape index (κ3) is 4.45. The van der Waals surface area contributed by atoms with Crippen molar-refractivity contribution >= 4 is 20.1 Å². The van der Waals surface area contributed by atoms with E-state index >= 15 is 0 Å². The molecular formula is C19H31O4Si-. The van der Waals surface area contributed by atoms with Crippen LogP contribution in [-0.2, 0) is 14.0 Å². The van der Waals surface area contributed by atoms with Crippen LogP contribution >= 0.6 is 0 Å². The topological polar surface area (TPSA) is 66.4 Å². The fraction of sp³-hybridized carbons (Fsp3) is 0.684. The maximum absolute atomic E-state index is 12.4. The minimum Gasteiger partial charge on any atom is -0.550 e. The van der Waals surface area contributed by atoms with Crippen LogP contribution in [0.15, 0.2) is 24.8 Å². The highest BCUT2D eigenvalue weighted by atomic mass is 28.4. The standard InChI is InChI=1S/C19H32O4Si/c1-8-10-14-16(23-24(6,7)19(3,4)5)12-11-15(20)17(14)13(9-2)18(21)22/h8,11-14,16-17H,1,9-10H2,2-7H3,(H,21,22)/p-1/t13?,14-,16+,17-/m0/s1. The lowest BCUT2D eigenvalue weighted by molar-refractivity contribution is -0.313. The summed E-state index contributed by atoms with van der Waals surface area (Å²) in [5, 5.41) is 11.6. The summed E-state index contributed by atoms with van der Waals surface area (Å²) in [6.07, 6.45) is 5.69. The van der Waals surface area contributed by atoms with Gasteiger partial charge in [-0.25, -0.2) is 0 Å². The van der Waals surface area contributed by atoms with Crippen LogP contribution in [0.4, 0.5) is 0 Å². The van der Waals surface area contributed by atoms with Gasteiger partial charge in [0.15, 0.2) is 14.1 Å². The van der Waals surface area contributed by atoms with Gasteiger partial charge in [-0.3, -0.25) is 4.79 Å². The molecule has 0 N–H and O–H groups in total. The number of hydrogen-bond donors (Lipinski definition) is 0. The number of rotatable bonds is 7. The first-order chi connectivity index (χ1) is 11.0.